The van der Waals surface area contributed by atoms with E-state index in [1.807, 2.05) is 0 Å². The van der Waals surface area contributed by atoms with Crippen molar-refractivity contribution >= 4 is 9.84 Å². The Hall–Kier alpha value is -0.130. The summed E-state index contributed by atoms with van der Waals surface area (Å²) in [7, 11) is -2.80. The van der Waals surface area contributed by atoms with Gasteiger partial charge in [0.2, 0.25) is 0 Å². The summed E-state index contributed by atoms with van der Waals surface area (Å²) in [5.74, 6) is 0.610. The van der Waals surface area contributed by atoms with Gasteiger partial charge in [-0.1, -0.05) is 20.3 Å². The largest absolute Gasteiger partial charge is 0.313 e. The second-order valence-corrected chi connectivity index (χ2v) is 7.66. The Bertz CT molecular complexity index is 317. The molecular formula is C13H28N2O2S. The molecule has 0 aromatic heterocycles. The molecule has 1 aliphatic rings. The van der Waals surface area contributed by atoms with Crippen molar-refractivity contribution in [3.05, 3.63) is 0 Å². The van der Waals surface area contributed by atoms with Gasteiger partial charge in [-0.2, -0.15) is 0 Å². The van der Waals surface area contributed by atoms with Crippen LogP contribution in [-0.4, -0.2) is 57.0 Å². The predicted molar refractivity (Wildman–Crippen MR) is 76.7 cm³/mol. The molecule has 0 aliphatic carbocycles. The summed E-state index contributed by atoms with van der Waals surface area (Å²) in [6.07, 6.45) is 4.36. The molecule has 0 aromatic carbocycles. The van der Waals surface area contributed by atoms with Crippen LogP contribution in [0.1, 0.15) is 39.5 Å². The third kappa shape index (κ3) is 6.16. The van der Waals surface area contributed by atoms with Gasteiger partial charge in [-0.05, 0) is 38.9 Å². The number of sulfone groups is 1. The van der Waals surface area contributed by atoms with Gasteiger partial charge in [0.1, 0.15) is 9.84 Å². The molecule has 0 aromatic rings. The molecule has 1 heterocycles. The van der Waals surface area contributed by atoms with Crippen LogP contribution in [0.25, 0.3) is 0 Å². The summed E-state index contributed by atoms with van der Waals surface area (Å²) in [6.45, 7) is 8.11. The fourth-order valence-electron chi connectivity index (χ4n) is 2.47. The lowest BCUT2D eigenvalue weighted by atomic mass is 10.1. The lowest BCUT2D eigenvalue weighted by Crippen LogP contribution is -2.38. The highest BCUT2D eigenvalue weighted by atomic mass is 32.2. The zero-order chi connectivity index (χ0) is 13.4. The number of hydrogen-bond acceptors (Lipinski definition) is 4. The van der Waals surface area contributed by atoms with Crippen molar-refractivity contribution in [1.29, 1.82) is 0 Å². The van der Waals surface area contributed by atoms with E-state index in [0.29, 0.717) is 11.8 Å². The van der Waals surface area contributed by atoms with Crippen LogP contribution in [-0.2, 0) is 9.84 Å². The van der Waals surface area contributed by atoms with Crippen molar-refractivity contribution in [2.24, 2.45) is 0 Å². The molecule has 4 nitrogen and oxygen atoms in total. The van der Waals surface area contributed by atoms with Crippen LogP contribution in [0.3, 0.4) is 0 Å². The molecule has 1 saturated heterocycles. The fourth-order valence-corrected chi connectivity index (χ4v) is 3.33. The molecule has 1 atom stereocenters. The Kier molecular flexibility index (Phi) is 7.19. The number of rotatable bonds is 7. The van der Waals surface area contributed by atoms with Crippen molar-refractivity contribution in [3.8, 4) is 0 Å². The summed E-state index contributed by atoms with van der Waals surface area (Å²) in [6, 6.07) is 0.584. The molecule has 1 aliphatic heterocycles. The number of hydrogen-bond donors (Lipinski definition) is 1. The highest BCUT2D eigenvalue weighted by Gasteiger charge is 2.17. The quantitative estimate of drug-likeness (QED) is 0.761. The molecule has 0 saturated carbocycles. The summed E-state index contributed by atoms with van der Waals surface area (Å²) in [5, 5.41) is 3.57. The third-order valence-corrected chi connectivity index (χ3v) is 5.36. The van der Waals surface area contributed by atoms with Gasteiger partial charge in [-0.25, -0.2) is 8.42 Å². The van der Waals surface area contributed by atoms with Gasteiger partial charge in [0, 0.05) is 18.3 Å². The van der Waals surface area contributed by atoms with Crippen molar-refractivity contribution in [2.45, 2.75) is 45.6 Å². The molecule has 0 amide bonds. The summed E-state index contributed by atoms with van der Waals surface area (Å²) in [5.41, 5.74) is 0. The van der Waals surface area contributed by atoms with Crippen LogP contribution < -0.4 is 5.32 Å². The van der Waals surface area contributed by atoms with Crippen molar-refractivity contribution in [3.63, 3.8) is 0 Å². The lowest BCUT2D eigenvalue weighted by Gasteiger charge is -2.24. The molecular weight excluding hydrogens is 248 g/mol. The monoisotopic (exact) mass is 276 g/mol. The Morgan fingerprint density at radius 3 is 2.78 bits per heavy atom. The Labute approximate surface area is 112 Å². The van der Waals surface area contributed by atoms with Gasteiger partial charge in [0.05, 0.1) is 5.75 Å². The second-order valence-electron chi connectivity index (χ2n) is 5.18. The van der Waals surface area contributed by atoms with Crippen molar-refractivity contribution in [2.75, 3.05) is 37.7 Å². The lowest BCUT2D eigenvalue weighted by molar-refractivity contribution is 0.263. The summed E-state index contributed by atoms with van der Waals surface area (Å²) in [4.78, 5) is 2.42. The number of nitrogens with one attached hydrogen (secondary N) is 1. The second kappa shape index (κ2) is 8.12. The van der Waals surface area contributed by atoms with Gasteiger partial charge < -0.3 is 10.2 Å². The van der Waals surface area contributed by atoms with Gasteiger partial charge in [-0.3, -0.25) is 0 Å². The predicted octanol–water partition coefficient (Wildman–Crippen LogP) is 1.28. The Balaban J connectivity index is 2.31. The molecule has 1 unspecified atom stereocenters. The smallest absolute Gasteiger partial charge is 0.150 e. The van der Waals surface area contributed by atoms with Crippen LogP contribution in [0, 0.1) is 0 Å². The number of nitrogens with zero attached hydrogens (tertiary/aromatic N) is 1. The maximum absolute atomic E-state index is 11.4. The van der Waals surface area contributed by atoms with E-state index < -0.39 is 9.84 Å². The average Bonchev–Trinajstić information content (AvgIpc) is 2.55. The third-order valence-electron chi connectivity index (χ3n) is 3.57. The molecule has 0 bridgehead atoms. The fraction of sp³-hybridized carbons (Fsp3) is 1.00. The van der Waals surface area contributed by atoms with Gasteiger partial charge >= 0.3 is 0 Å². The summed E-state index contributed by atoms with van der Waals surface area (Å²) >= 11 is 0. The Morgan fingerprint density at radius 1 is 1.33 bits per heavy atom. The molecule has 0 radical (unpaired) electrons. The zero-order valence-corrected chi connectivity index (χ0v) is 12.6. The van der Waals surface area contributed by atoms with E-state index in [1.54, 1.807) is 6.92 Å². The SMILES string of the molecule is CCCC1CN(CCCS(=O)(=O)CC)CCCN1. The standard InChI is InChI=1S/C13H28N2O2S/c1-3-7-13-12-15(9-5-8-14-13)10-6-11-18(16,17)4-2/h13-14H,3-12H2,1-2H3. The van der Waals surface area contributed by atoms with Crippen LogP contribution in [0.15, 0.2) is 0 Å². The molecule has 5 heteroatoms. The Morgan fingerprint density at radius 2 is 2.11 bits per heavy atom. The van der Waals surface area contributed by atoms with Gasteiger partial charge in [0.15, 0.2) is 0 Å². The molecule has 1 N–H and O–H groups in total. The minimum atomic E-state index is -2.80. The maximum atomic E-state index is 11.4. The first-order valence-corrected chi connectivity index (χ1v) is 9.05. The van der Waals surface area contributed by atoms with E-state index in [1.165, 1.54) is 19.3 Å². The van der Waals surface area contributed by atoms with Gasteiger partial charge in [-0.15, -0.1) is 0 Å². The van der Waals surface area contributed by atoms with E-state index in [9.17, 15) is 8.42 Å². The molecule has 0 spiro atoms. The maximum Gasteiger partial charge on any atom is 0.150 e. The summed E-state index contributed by atoms with van der Waals surface area (Å²) < 4.78 is 22.9. The van der Waals surface area contributed by atoms with Crippen molar-refractivity contribution in [1.82, 2.24) is 10.2 Å². The average molecular weight is 276 g/mol. The van der Waals surface area contributed by atoms with Crippen molar-refractivity contribution < 1.29 is 8.42 Å². The topological polar surface area (TPSA) is 49.4 Å². The highest BCUT2D eigenvalue weighted by molar-refractivity contribution is 7.91. The van der Waals surface area contributed by atoms with Crippen LogP contribution in [0.4, 0.5) is 0 Å². The van der Waals surface area contributed by atoms with E-state index in [0.717, 1.165) is 32.6 Å². The molecule has 1 rings (SSSR count). The zero-order valence-electron chi connectivity index (χ0n) is 11.8. The van der Waals surface area contributed by atoms with Crippen LogP contribution in [0.5, 0.6) is 0 Å². The molecule has 108 valence electrons. The van der Waals surface area contributed by atoms with E-state index in [4.69, 9.17) is 0 Å². The first-order chi connectivity index (χ1) is 8.57. The minimum Gasteiger partial charge on any atom is -0.313 e. The first-order valence-electron chi connectivity index (χ1n) is 7.23. The van der Waals surface area contributed by atoms with Gasteiger partial charge in [0.25, 0.3) is 0 Å². The normalized spacial score (nSPS) is 22.9. The molecule has 1 fully saturated rings. The highest BCUT2D eigenvalue weighted by Crippen LogP contribution is 2.07. The molecule has 18 heavy (non-hydrogen) atoms. The van der Waals surface area contributed by atoms with E-state index in [-0.39, 0.29) is 5.75 Å². The van der Waals surface area contributed by atoms with Crippen LogP contribution in [0.2, 0.25) is 0 Å². The minimum absolute atomic E-state index is 0.271. The van der Waals surface area contributed by atoms with E-state index >= 15 is 0 Å². The first kappa shape index (κ1) is 15.9. The van der Waals surface area contributed by atoms with Crippen LogP contribution >= 0.6 is 0 Å². The van der Waals surface area contributed by atoms with E-state index in [2.05, 4.69) is 17.1 Å².